The minimum absolute atomic E-state index is 0.0694. The molecular formula is C10H16BrNO3. The molecule has 0 aromatic carbocycles. The van der Waals surface area contributed by atoms with Gasteiger partial charge in [-0.3, -0.25) is 4.79 Å². The molecule has 1 amide bonds. The van der Waals surface area contributed by atoms with Gasteiger partial charge in [0.05, 0.1) is 7.11 Å². The van der Waals surface area contributed by atoms with Crippen molar-refractivity contribution >= 4 is 27.8 Å². The molecule has 5 heteroatoms. The van der Waals surface area contributed by atoms with Crippen molar-refractivity contribution in [3.63, 3.8) is 0 Å². The van der Waals surface area contributed by atoms with Crippen LogP contribution in [-0.4, -0.2) is 41.8 Å². The average Bonchev–Trinajstić information content (AvgIpc) is 2.60. The molecule has 1 aliphatic rings. The lowest BCUT2D eigenvalue weighted by atomic mass is 10.2. The zero-order valence-corrected chi connectivity index (χ0v) is 10.5. The monoisotopic (exact) mass is 277 g/mol. The molecule has 0 radical (unpaired) electrons. The van der Waals surface area contributed by atoms with E-state index in [1.54, 1.807) is 4.90 Å². The topological polar surface area (TPSA) is 46.6 Å². The van der Waals surface area contributed by atoms with Crippen molar-refractivity contribution in [1.29, 1.82) is 0 Å². The van der Waals surface area contributed by atoms with Crippen LogP contribution in [0.5, 0.6) is 0 Å². The number of ether oxygens (including phenoxy) is 1. The van der Waals surface area contributed by atoms with E-state index in [9.17, 15) is 9.59 Å². The molecule has 0 aromatic rings. The molecule has 0 bridgehead atoms. The van der Waals surface area contributed by atoms with Crippen molar-refractivity contribution in [3.05, 3.63) is 0 Å². The molecule has 15 heavy (non-hydrogen) atoms. The Bertz CT molecular complexity index is 245. The number of likely N-dealkylation sites (tertiary alicyclic amines) is 1. The fourth-order valence-electron chi connectivity index (χ4n) is 1.77. The largest absolute Gasteiger partial charge is 0.467 e. The maximum atomic E-state index is 11.5. The highest BCUT2D eigenvalue weighted by Crippen LogP contribution is 2.20. The van der Waals surface area contributed by atoms with Crippen LogP contribution in [0.25, 0.3) is 0 Å². The van der Waals surface area contributed by atoms with Gasteiger partial charge in [-0.2, -0.15) is 0 Å². The third-order valence-corrected chi connectivity index (χ3v) is 3.14. The van der Waals surface area contributed by atoms with Gasteiger partial charge in [-0.25, -0.2) is 4.79 Å². The summed E-state index contributed by atoms with van der Waals surface area (Å²) in [5.41, 5.74) is 0. The van der Waals surface area contributed by atoms with E-state index in [1.165, 1.54) is 7.11 Å². The van der Waals surface area contributed by atoms with E-state index in [0.29, 0.717) is 19.4 Å². The molecule has 0 unspecified atom stereocenters. The van der Waals surface area contributed by atoms with E-state index < -0.39 is 0 Å². The highest BCUT2D eigenvalue weighted by Gasteiger charge is 2.36. The highest BCUT2D eigenvalue weighted by atomic mass is 79.9. The Morgan fingerprint density at radius 1 is 1.60 bits per heavy atom. The first-order valence-electron chi connectivity index (χ1n) is 5.14. The van der Waals surface area contributed by atoms with E-state index in [0.717, 1.165) is 18.2 Å². The number of rotatable bonds is 5. The van der Waals surface area contributed by atoms with E-state index in [1.807, 2.05) is 0 Å². The Balaban J connectivity index is 2.49. The molecular weight excluding hydrogens is 262 g/mol. The Kier molecular flexibility index (Phi) is 5.08. The molecule has 1 rings (SSSR count). The fraction of sp³-hybridized carbons (Fsp3) is 0.800. The first-order valence-corrected chi connectivity index (χ1v) is 6.26. The summed E-state index contributed by atoms with van der Waals surface area (Å²) in [4.78, 5) is 24.5. The zero-order chi connectivity index (χ0) is 11.3. The Morgan fingerprint density at radius 3 is 2.93 bits per heavy atom. The number of unbranched alkanes of at least 4 members (excludes halogenated alkanes) is 1. The van der Waals surface area contributed by atoms with Crippen molar-refractivity contribution in [1.82, 2.24) is 4.90 Å². The number of nitrogens with zero attached hydrogens (tertiary/aromatic N) is 1. The number of carbonyl (C=O) groups excluding carboxylic acids is 2. The third-order valence-electron chi connectivity index (χ3n) is 2.58. The average molecular weight is 278 g/mol. The van der Waals surface area contributed by atoms with E-state index in [4.69, 9.17) is 0 Å². The lowest BCUT2D eigenvalue weighted by molar-refractivity contribution is -0.149. The normalized spacial score (nSPS) is 20.8. The van der Waals surface area contributed by atoms with Gasteiger partial charge in [0, 0.05) is 18.3 Å². The second kappa shape index (κ2) is 6.10. The lowest BCUT2D eigenvalue weighted by Crippen LogP contribution is -2.39. The van der Waals surface area contributed by atoms with Gasteiger partial charge in [0.15, 0.2) is 0 Å². The van der Waals surface area contributed by atoms with Crippen molar-refractivity contribution in [3.8, 4) is 0 Å². The number of hydrogen-bond donors (Lipinski definition) is 0. The van der Waals surface area contributed by atoms with Crippen LogP contribution >= 0.6 is 15.9 Å². The van der Waals surface area contributed by atoms with Crippen molar-refractivity contribution in [2.24, 2.45) is 0 Å². The predicted octanol–water partition coefficient (Wildman–Crippen LogP) is 1.33. The fourth-order valence-corrected chi connectivity index (χ4v) is 2.17. The van der Waals surface area contributed by atoms with Crippen molar-refractivity contribution in [2.75, 3.05) is 19.0 Å². The van der Waals surface area contributed by atoms with Gasteiger partial charge in [0.25, 0.3) is 0 Å². The molecule has 1 saturated heterocycles. The molecule has 0 spiro atoms. The summed E-state index contributed by atoms with van der Waals surface area (Å²) in [6.07, 6.45) is 3.00. The van der Waals surface area contributed by atoms with Crippen LogP contribution in [0.1, 0.15) is 25.7 Å². The summed E-state index contributed by atoms with van der Waals surface area (Å²) in [6.45, 7) is 0.657. The summed E-state index contributed by atoms with van der Waals surface area (Å²) in [5, 5.41) is 0.928. The molecule has 0 N–H and O–H groups in total. The third kappa shape index (κ3) is 3.19. The molecule has 0 aromatic heterocycles. The number of hydrogen-bond acceptors (Lipinski definition) is 3. The number of esters is 1. The standard InChI is InChI=1S/C10H16BrNO3/c1-15-10(14)8-4-5-9(13)12(8)7-3-2-6-11/h8H,2-7H2,1H3/t8-/m0/s1. The van der Waals surface area contributed by atoms with Crippen LogP contribution in [-0.2, 0) is 14.3 Å². The van der Waals surface area contributed by atoms with Gasteiger partial charge in [0.2, 0.25) is 5.91 Å². The quantitative estimate of drug-likeness (QED) is 0.433. The summed E-state index contributed by atoms with van der Waals surface area (Å²) in [6, 6.07) is -0.349. The van der Waals surface area contributed by atoms with E-state index in [2.05, 4.69) is 20.7 Å². The molecule has 1 heterocycles. The van der Waals surface area contributed by atoms with Crippen LogP contribution in [0.2, 0.25) is 0 Å². The smallest absolute Gasteiger partial charge is 0.328 e. The Labute approximate surface area is 98.1 Å². The molecule has 86 valence electrons. The molecule has 0 saturated carbocycles. The summed E-state index contributed by atoms with van der Waals surface area (Å²) in [7, 11) is 1.36. The number of alkyl halides is 1. The van der Waals surface area contributed by atoms with Crippen LogP contribution in [0.3, 0.4) is 0 Å². The van der Waals surface area contributed by atoms with Crippen LogP contribution in [0, 0.1) is 0 Å². The lowest BCUT2D eigenvalue weighted by Gasteiger charge is -2.22. The number of methoxy groups -OCH3 is 1. The summed E-state index contributed by atoms with van der Waals surface area (Å²) < 4.78 is 4.68. The summed E-state index contributed by atoms with van der Waals surface area (Å²) in [5.74, 6) is -0.223. The van der Waals surface area contributed by atoms with Gasteiger partial charge >= 0.3 is 5.97 Å². The first-order chi connectivity index (χ1) is 7.20. The Hall–Kier alpha value is -0.580. The molecule has 1 fully saturated rings. The predicted molar refractivity (Wildman–Crippen MR) is 59.8 cm³/mol. The SMILES string of the molecule is COC(=O)[C@@H]1CCC(=O)N1CCCCBr. The maximum absolute atomic E-state index is 11.5. The van der Waals surface area contributed by atoms with E-state index in [-0.39, 0.29) is 17.9 Å². The van der Waals surface area contributed by atoms with Crippen molar-refractivity contribution < 1.29 is 14.3 Å². The van der Waals surface area contributed by atoms with Crippen LogP contribution in [0.4, 0.5) is 0 Å². The van der Waals surface area contributed by atoms with Gasteiger partial charge in [-0.1, -0.05) is 15.9 Å². The number of amides is 1. The van der Waals surface area contributed by atoms with Gasteiger partial charge in [0.1, 0.15) is 6.04 Å². The molecule has 1 atom stereocenters. The Morgan fingerprint density at radius 2 is 2.33 bits per heavy atom. The molecule has 4 nitrogen and oxygen atoms in total. The van der Waals surface area contributed by atoms with E-state index >= 15 is 0 Å². The second-order valence-electron chi connectivity index (χ2n) is 3.56. The van der Waals surface area contributed by atoms with Crippen LogP contribution < -0.4 is 0 Å². The zero-order valence-electron chi connectivity index (χ0n) is 8.87. The van der Waals surface area contributed by atoms with Crippen LogP contribution in [0.15, 0.2) is 0 Å². The molecule has 0 aliphatic carbocycles. The maximum Gasteiger partial charge on any atom is 0.328 e. The van der Waals surface area contributed by atoms with Gasteiger partial charge in [-0.15, -0.1) is 0 Å². The molecule has 1 aliphatic heterocycles. The van der Waals surface area contributed by atoms with Crippen molar-refractivity contribution in [2.45, 2.75) is 31.7 Å². The van der Waals surface area contributed by atoms with Gasteiger partial charge < -0.3 is 9.64 Å². The minimum atomic E-state index is -0.349. The first kappa shape index (κ1) is 12.5. The summed E-state index contributed by atoms with van der Waals surface area (Å²) >= 11 is 3.34. The minimum Gasteiger partial charge on any atom is -0.467 e. The number of halogens is 1. The number of carbonyl (C=O) groups is 2. The van der Waals surface area contributed by atoms with Gasteiger partial charge in [-0.05, 0) is 19.3 Å². The highest BCUT2D eigenvalue weighted by molar-refractivity contribution is 9.09. The second-order valence-corrected chi connectivity index (χ2v) is 4.35.